The maximum Gasteiger partial charge on any atom is 0.207 e. The molecular weight excluding hydrogens is 398 g/mol. The lowest BCUT2D eigenvalue weighted by atomic mass is 10.0. The fraction of sp³-hybridized carbons (Fsp3) is 0.778. The predicted molar refractivity (Wildman–Crippen MR) is 134 cm³/mol. The van der Waals surface area contributed by atoms with Gasteiger partial charge in [0.2, 0.25) is 5.84 Å². The van der Waals surface area contributed by atoms with Crippen molar-refractivity contribution in [3.63, 3.8) is 0 Å². The number of rotatable bonds is 22. The molecule has 1 aliphatic heterocycles. The third kappa shape index (κ3) is 13.2. The third-order valence-electron chi connectivity index (χ3n) is 6.44. The Bertz CT molecular complexity index is 571. The number of aliphatic carboxylic acids is 1. The second-order valence-corrected chi connectivity index (χ2v) is 9.31. The summed E-state index contributed by atoms with van der Waals surface area (Å²) in [6, 6.07) is 0. The number of quaternary nitrogens is 1. The second-order valence-electron chi connectivity index (χ2n) is 9.31. The van der Waals surface area contributed by atoms with Crippen LogP contribution in [0.5, 0.6) is 0 Å². The summed E-state index contributed by atoms with van der Waals surface area (Å²) >= 11 is 0. The molecule has 32 heavy (non-hydrogen) atoms. The van der Waals surface area contributed by atoms with Crippen LogP contribution in [0.2, 0.25) is 0 Å². The van der Waals surface area contributed by atoms with Crippen LogP contribution in [0, 0.1) is 0 Å². The van der Waals surface area contributed by atoms with E-state index in [4.69, 9.17) is 5.73 Å². The first-order valence-electron chi connectivity index (χ1n) is 13.3. The number of amidine groups is 1. The second kappa shape index (κ2) is 19.0. The van der Waals surface area contributed by atoms with E-state index in [1.54, 1.807) is 6.20 Å². The molecule has 0 aromatic rings. The molecule has 2 N–H and O–H groups in total. The molecule has 1 heterocycles. The van der Waals surface area contributed by atoms with Crippen molar-refractivity contribution in [3.05, 3.63) is 24.6 Å². The molecule has 5 heteroatoms. The molecule has 0 radical (unpaired) electrons. The van der Waals surface area contributed by atoms with Crippen molar-refractivity contribution in [2.75, 3.05) is 19.6 Å². The number of nitrogens with zero attached hydrogens (tertiary/aromatic N) is 2. The zero-order valence-corrected chi connectivity index (χ0v) is 20.7. The number of unbranched alkanes of at least 4 members (excludes halogenated alkanes) is 14. The van der Waals surface area contributed by atoms with E-state index in [2.05, 4.69) is 24.1 Å². The Balaban J connectivity index is 1.94. The molecule has 0 aromatic heterocycles. The Labute approximate surface area is 197 Å². The van der Waals surface area contributed by atoms with E-state index in [0.717, 1.165) is 18.7 Å². The fourth-order valence-corrected chi connectivity index (χ4v) is 4.51. The van der Waals surface area contributed by atoms with E-state index in [1.807, 2.05) is 6.20 Å². The number of carbonyl (C=O) groups is 1. The normalized spacial score (nSPS) is 18.0. The number of aliphatic imine (C=N–C) groups is 1. The van der Waals surface area contributed by atoms with Gasteiger partial charge in [-0.1, -0.05) is 89.7 Å². The molecule has 1 aliphatic rings. The van der Waals surface area contributed by atoms with E-state index in [9.17, 15) is 9.90 Å². The van der Waals surface area contributed by atoms with Gasteiger partial charge in [-0.3, -0.25) is 0 Å². The highest BCUT2D eigenvalue weighted by atomic mass is 16.4. The highest BCUT2D eigenvalue weighted by Crippen LogP contribution is 2.21. The third-order valence-corrected chi connectivity index (χ3v) is 6.44. The minimum atomic E-state index is -1.05. The van der Waals surface area contributed by atoms with Gasteiger partial charge in [-0.15, -0.1) is 0 Å². The van der Waals surface area contributed by atoms with E-state index in [1.165, 1.54) is 96.3 Å². The van der Waals surface area contributed by atoms with Crippen molar-refractivity contribution in [2.24, 2.45) is 10.7 Å². The number of carboxylic acid groups (broad SMARTS) is 1. The van der Waals surface area contributed by atoms with Gasteiger partial charge in [0.15, 0.2) is 0 Å². The zero-order chi connectivity index (χ0) is 23.3. The van der Waals surface area contributed by atoms with Crippen molar-refractivity contribution in [1.29, 1.82) is 0 Å². The van der Waals surface area contributed by atoms with Crippen LogP contribution < -0.4 is 10.8 Å². The van der Waals surface area contributed by atoms with Crippen LogP contribution in [0.4, 0.5) is 0 Å². The molecule has 1 rings (SSSR count). The standard InChI is InChI=1S/C27H49N3O2/c1-2-3-4-5-6-7-8-9-10-11-12-13-14-15-16-17-18-19-20-26-29-22-24-30(26,23-21-28)25-27(31)32/h8-9,22,24H,2-7,10-21,23,25,28H2,1H3/b9-8+. The SMILES string of the molecule is CCCCCCC/C=C/CCCCCCCCCCCC1=NC=C[N+]1(CCN)CC(=O)[O-]. The molecule has 0 spiro atoms. The van der Waals surface area contributed by atoms with Gasteiger partial charge in [-0.05, 0) is 32.1 Å². The van der Waals surface area contributed by atoms with E-state index in [-0.39, 0.29) is 11.0 Å². The quantitative estimate of drug-likeness (QED) is 0.133. The summed E-state index contributed by atoms with van der Waals surface area (Å²) in [6.45, 7) is 3.20. The number of carbonyl (C=O) groups excluding carboxylic acids is 1. The first-order chi connectivity index (χ1) is 15.6. The maximum atomic E-state index is 11.2. The number of carboxylic acids is 1. The molecule has 0 saturated heterocycles. The zero-order valence-electron chi connectivity index (χ0n) is 20.7. The van der Waals surface area contributed by atoms with Crippen molar-refractivity contribution < 1.29 is 14.4 Å². The van der Waals surface area contributed by atoms with Gasteiger partial charge in [-0.25, -0.2) is 9.48 Å². The Morgan fingerprint density at radius 2 is 1.44 bits per heavy atom. The van der Waals surface area contributed by atoms with Gasteiger partial charge in [0.05, 0.1) is 12.2 Å². The summed E-state index contributed by atoms with van der Waals surface area (Å²) in [4.78, 5) is 15.6. The van der Waals surface area contributed by atoms with Crippen LogP contribution in [-0.4, -0.2) is 35.9 Å². The molecule has 0 amide bonds. The maximum absolute atomic E-state index is 11.2. The molecule has 5 nitrogen and oxygen atoms in total. The lowest BCUT2D eigenvalue weighted by Crippen LogP contribution is -2.55. The number of hydrogen-bond acceptors (Lipinski definition) is 4. The molecular formula is C27H49N3O2. The molecule has 1 unspecified atom stereocenters. The molecule has 184 valence electrons. The first-order valence-corrected chi connectivity index (χ1v) is 13.3. The van der Waals surface area contributed by atoms with Crippen LogP contribution in [0.3, 0.4) is 0 Å². The fourth-order valence-electron chi connectivity index (χ4n) is 4.51. The van der Waals surface area contributed by atoms with Gasteiger partial charge < -0.3 is 15.6 Å². The van der Waals surface area contributed by atoms with Crippen molar-refractivity contribution in [2.45, 2.75) is 116 Å². The lowest BCUT2D eigenvalue weighted by molar-refractivity contribution is -0.780. The van der Waals surface area contributed by atoms with Gasteiger partial charge in [0.25, 0.3) is 0 Å². The van der Waals surface area contributed by atoms with Gasteiger partial charge >= 0.3 is 0 Å². The van der Waals surface area contributed by atoms with Crippen LogP contribution in [-0.2, 0) is 4.79 Å². The van der Waals surface area contributed by atoms with Crippen LogP contribution >= 0.6 is 0 Å². The summed E-state index contributed by atoms with van der Waals surface area (Å²) in [5, 5.41) is 11.2. The molecule has 0 aliphatic carbocycles. The molecule has 0 bridgehead atoms. The van der Waals surface area contributed by atoms with Crippen LogP contribution in [0.15, 0.2) is 29.5 Å². The lowest BCUT2D eigenvalue weighted by Gasteiger charge is -2.32. The Morgan fingerprint density at radius 3 is 1.97 bits per heavy atom. The molecule has 0 aromatic carbocycles. The number of allylic oxidation sites excluding steroid dienone is 2. The van der Waals surface area contributed by atoms with E-state index < -0.39 is 5.97 Å². The van der Waals surface area contributed by atoms with E-state index in [0.29, 0.717) is 13.1 Å². The first kappa shape index (κ1) is 28.6. The highest BCUT2D eigenvalue weighted by Gasteiger charge is 2.34. The predicted octanol–water partition coefficient (Wildman–Crippen LogP) is 5.60. The van der Waals surface area contributed by atoms with Crippen molar-refractivity contribution in [3.8, 4) is 0 Å². The van der Waals surface area contributed by atoms with Gasteiger partial charge in [0, 0.05) is 13.0 Å². The van der Waals surface area contributed by atoms with Crippen molar-refractivity contribution in [1.82, 2.24) is 0 Å². The van der Waals surface area contributed by atoms with Crippen LogP contribution in [0.25, 0.3) is 0 Å². The monoisotopic (exact) mass is 447 g/mol. The summed E-state index contributed by atoms with van der Waals surface area (Å²) in [7, 11) is 0. The minimum absolute atomic E-state index is 0.0681. The summed E-state index contributed by atoms with van der Waals surface area (Å²) in [5.41, 5.74) is 5.71. The van der Waals surface area contributed by atoms with Crippen LogP contribution in [0.1, 0.15) is 116 Å². The summed E-state index contributed by atoms with van der Waals surface area (Å²) in [5.74, 6) is -0.128. The number of hydrogen-bond donors (Lipinski definition) is 1. The average molecular weight is 448 g/mol. The minimum Gasteiger partial charge on any atom is -0.544 e. The van der Waals surface area contributed by atoms with E-state index >= 15 is 0 Å². The van der Waals surface area contributed by atoms with Gasteiger partial charge in [0.1, 0.15) is 19.3 Å². The average Bonchev–Trinajstić information content (AvgIpc) is 3.14. The molecule has 1 atom stereocenters. The highest BCUT2D eigenvalue weighted by molar-refractivity contribution is 5.80. The Kier molecular flexibility index (Phi) is 17.0. The summed E-state index contributed by atoms with van der Waals surface area (Å²) < 4.78 is 0.243. The number of nitrogens with two attached hydrogens (primary N) is 1. The van der Waals surface area contributed by atoms with Crippen molar-refractivity contribution >= 4 is 11.8 Å². The Morgan fingerprint density at radius 1 is 0.906 bits per heavy atom. The topological polar surface area (TPSA) is 78.5 Å². The Hall–Kier alpha value is -1.46. The largest absolute Gasteiger partial charge is 0.544 e. The smallest absolute Gasteiger partial charge is 0.207 e. The molecule has 0 fully saturated rings. The summed E-state index contributed by atoms with van der Waals surface area (Å²) in [6.07, 6.45) is 30.0. The molecule has 0 saturated carbocycles. The van der Waals surface area contributed by atoms with Gasteiger partial charge in [-0.2, -0.15) is 0 Å².